The average molecular weight is 346 g/mol. The minimum Gasteiger partial charge on any atom is -0.237 e. The van der Waals surface area contributed by atoms with Gasteiger partial charge in [0.25, 0.3) is 0 Å². The maximum Gasteiger partial charge on any atom is 0.155 e. The van der Waals surface area contributed by atoms with Gasteiger partial charge in [0.05, 0.1) is 5.69 Å². The first kappa shape index (κ1) is 13.0. The van der Waals surface area contributed by atoms with E-state index < -0.39 is 0 Å². The highest BCUT2D eigenvalue weighted by molar-refractivity contribution is 9.10. The Bertz CT molecular complexity index is 824. The van der Waals surface area contributed by atoms with Crippen molar-refractivity contribution < 1.29 is 4.39 Å². The van der Waals surface area contributed by atoms with Gasteiger partial charge in [-0.1, -0.05) is 22.4 Å². The van der Waals surface area contributed by atoms with E-state index in [1.165, 1.54) is 31.0 Å². The first-order chi connectivity index (χ1) is 10.2. The molecule has 3 nitrogen and oxygen atoms in total. The highest BCUT2D eigenvalue weighted by Gasteiger charge is 2.23. The molecule has 0 saturated heterocycles. The van der Waals surface area contributed by atoms with Crippen molar-refractivity contribution >= 4 is 21.6 Å². The summed E-state index contributed by atoms with van der Waals surface area (Å²) in [6.07, 6.45) is 5.47. The molecule has 0 bridgehead atoms. The van der Waals surface area contributed by atoms with E-state index in [4.69, 9.17) is 0 Å². The van der Waals surface area contributed by atoms with Crippen LogP contribution in [0.1, 0.15) is 30.9 Å². The molecule has 0 atom stereocenters. The summed E-state index contributed by atoms with van der Waals surface area (Å²) in [6.45, 7) is 0. The molecule has 2 aromatic heterocycles. The molecule has 1 aliphatic rings. The fourth-order valence-electron chi connectivity index (χ4n) is 2.76. The van der Waals surface area contributed by atoms with Crippen LogP contribution in [0.5, 0.6) is 0 Å². The first-order valence-electron chi connectivity index (χ1n) is 7.02. The third-order valence-electron chi connectivity index (χ3n) is 4.12. The normalized spacial score (nSPS) is 15.3. The third-order valence-corrected chi connectivity index (χ3v) is 4.61. The Balaban J connectivity index is 1.86. The van der Waals surface area contributed by atoms with Crippen molar-refractivity contribution in [3.8, 4) is 11.3 Å². The van der Waals surface area contributed by atoms with Gasteiger partial charge in [0.1, 0.15) is 5.82 Å². The number of hydrogen-bond acceptors (Lipinski definition) is 2. The van der Waals surface area contributed by atoms with E-state index in [-0.39, 0.29) is 5.82 Å². The number of aromatic nitrogens is 3. The van der Waals surface area contributed by atoms with Gasteiger partial charge in [-0.05, 0) is 37.1 Å². The topological polar surface area (TPSA) is 30.2 Å². The van der Waals surface area contributed by atoms with Crippen LogP contribution < -0.4 is 0 Å². The molecule has 3 aromatic rings. The molecular weight excluding hydrogens is 333 g/mol. The molecule has 0 N–H and O–H groups in total. The van der Waals surface area contributed by atoms with E-state index in [9.17, 15) is 4.39 Å². The second-order valence-corrected chi connectivity index (χ2v) is 6.34. The largest absolute Gasteiger partial charge is 0.237 e. The number of hydrogen-bond donors (Lipinski definition) is 0. The van der Waals surface area contributed by atoms with E-state index in [2.05, 4.69) is 26.0 Å². The summed E-state index contributed by atoms with van der Waals surface area (Å²) in [6, 6.07) is 8.88. The van der Waals surface area contributed by atoms with Crippen molar-refractivity contribution in [1.29, 1.82) is 0 Å². The highest BCUT2D eigenvalue weighted by Crippen LogP contribution is 2.36. The van der Waals surface area contributed by atoms with E-state index in [0.29, 0.717) is 17.2 Å². The van der Waals surface area contributed by atoms with Crippen LogP contribution in [0.4, 0.5) is 4.39 Å². The summed E-state index contributed by atoms with van der Waals surface area (Å²) in [5.41, 5.74) is 3.08. The van der Waals surface area contributed by atoms with Gasteiger partial charge in [0, 0.05) is 33.9 Å². The van der Waals surface area contributed by atoms with Crippen LogP contribution >= 0.6 is 15.9 Å². The zero-order chi connectivity index (χ0) is 14.4. The predicted octanol–water partition coefficient (Wildman–Crippen LogP) is 4.57. The fraction of sp³-hybridized carbons (Fsp3) is 0.250. The van der Waals surface area contributed by atoms with Gasteiger partial charge in [-0.3, -0.25) is 0 Å². The average Bonchev–Trinajstić information content (AvgIpc) is 2.81. The van der Waals surface area contributed by atoms with E-state index in [0.717, 1.165) is 10.1 Å². The van der Waals surface area contributed by atoms with Gasteiger partial charge < -0.3 is 0 Å². The van der Waals surface area contributed by atoms with Crippen LogP contribution in [0.3, 0.4) is 0 Å². The molecule has 2 heterocycles. The Morgan fingerprint density at radius 2 is 2.05 bits per heavy atom. The maximum absolute atomic E-state index is 14.1. The molecule has 5 heteroatoms. The number of benzene rings is 1. The van der Waals surface area contributed by atoms with Crippen LogP contribution in [-0.2, 0) is 0 Å². The molecule has 0 amide bonds. The van der Waals surface area contributed by atoms with Crippen molar-refractivity contribution in [2.75, 3.05) is 0 Å². The third kappa shape index (κ3) is 2.16. The maximum atomic E-state index is 14.1. The lowest BCUT2D eigenvalue weighted by molar-refractivity contribution is 0.404. The second kappa shape index (κ2) is 4.91. The van der Waals surface area contributed by atoms with Crippen molar-refractivity contribution in [2.24, 2.45) is 0 Å². The summed E-state index contributed by atoms with van der Waals surface area (Å²) in [7, 11) is 0. The molecule has 106 valence electrons. The van der Waals surface area contributed by atoms with Gasteiger partial charge >= 0.3 is 0 Å². The number of fused-ring (bicyclic) bond motifs is 1. The lowest BCUT2D eigenvalue weighted by Gasteiger charge is -2.25. The van der Waals surface area contributed by atoms with Gasteiger partial charge in [-0.2, -0.15) is 5.10 Å². The minimum absolute atomic E-state index is 0.280. The van der Waals surface area contributed by atoms with E-state index >= 15 is 0 Å². The van der Waals surface area contributed by atoms with Gasteiger partial charge in [-0.15, -0.1) is 0 Å². The molecule has 21 heavy (non-hydrogen) atoms. The zero-order valence-electron chi connectivity index (χ0n) is 11.3. The molecule has 1 fully saturated rings. The molecule has 1 aromatic carbocycles. The van der Waals surface area contributed by atoms with E-state index in [1.807, 2.05) is 28.9 Å². The molecule has 4 rings (SSSR count). The Morgan fingerprint density at radius 3 is 2.76 bits per heavy atom. The smallest absolute Gasteiger partial charge is 0.155 e. The Morgan fingerprint density at radius 1 is 1.19 bits per heavy atom. The molecule has 0 spiro atoms. The van der Waals surface area contributed by atoms with Crippen molar-refractivity contribution in [1.82, 2.24) is 14.6 Å². The summed E-state index contributed by atoms with van der Waals surface area (Å²) in [5.74, 6) is 0.274. The quantitative estimate of drug-likeness (QED) is 0.681. The Hall–Kier alpha value is -1.75. The van der Waals surface area contributed by atoms with Crippen LogP contribution in [-0.4, -0.2) is 14.6 Å². The SMILES string of the molecule is Fc1cc(Br)ccc1-c1cc2nccc(C3CCC3)n2n1. The molecule has 0 unspecified atom stereocenters. The first-order valence-corrected chi connectivity index (χ1v) is 7.82. The summed E-state index contributed by atoms with van der Waals surface area (Å²) < 4.78 is 16.7. The zero-order valence-corrected chi connectivity index (χ0v) is 12.8. The molecule has 1 aliphatic carbocycles. The lowest BCUT2D eigenvalue weighted by atomic mass is 9.83. The lowest BCUT2D eigenvalue weighted by Crippen LogP contribution is -2.13. The van der Waals surface area contributed by atoms with Gasteiger partial charge in [-0.25, -0.2) is 13.9 Å². The van der Waals surface area contributed by atoms with E-state index in [1.54, 1.807) is 6.07 Å². The standard InChI is InChI=1S/C16H13BrFN3/c17-11-4-5-12(13(18)8-11)14-9-16-19-7-6-15(21(16)20-14)10-2-1-3-10/h4-10H,1-3H2. The minimum atomic E-state index is -0.280. The second-order valence-electron chi connectivity index (χ2n) is 5.42. The molecule has 0 aliphatic heterocycles. The van der Waals surface area contributed by atoms with Crippen molar-refractivity contribution in [3.05, 3.63) is 52.5 Å². The number of nitrogens with zero attached hydrogens (tertiary/aromatic N) is 3. The fourth-order valence-corrected chi connectivity index (χ4v) is 3.09. The summed E-state index contributed by atoms with van der Waals surface area (Å²) in [4.78, 5) is 4.34. The van der Waals surface area contributed by atoms with Crippen LogP contribution in [0.25, 0.3) is 16.9 Å². The van der Waals surface area contributed by atoms with Crippen molar-refractivity contribution in [2.45, 2.75) is 25.2 Å². The Kier molecular flexibility index (Phi) is 3.03. The molecule has 0 radical (unpaired) electrons. The van der Waals surface area contributed by atoms with Crippen LogP contribution in [0.15, 0.2) is 41.0 Å². The van der Waals surface area contributed by atoms with Gasteiger partial charge in [0.2, 0.25) is 0 Å². The molecular formula is C16H13BrFN3. The highest BCUT2D eigenvalue weighted by atomic mass is 79.9. The predicted molar refractivity (Wildman–Crippen MR) is 82.7 cm³/mol. The summed E-state index contributed by atoms with van der Waals surface area (Å²) in [5, 5.41) is 4.58. The van der Waals surface area contributed by atoms with Crippen LogP contribution in [0, 0.1) is 5.82 Å². The number of halogens is 2. The Labute approximate surface area is 130 Å². The summed E-state index contributed by atoms with van der Waals surface area (Å²) >= 11 is 3.27. The monoisotopic (exact) mass is 345 g/mol. The van der Waals surface area contributed by atoms with Crippen molar-refractivity contribution in [3.63, 3.8) is 0 Å². The van der Waals surface area contributed by atoms with Crippen LogP contribution in [0.2, 0.25) is 0 Å². The van der Waals surface area contributed by atoms with Gasteiger partial charge in [0.15, 0.2) is 5.65 Å². The number of rotatable bonds is 2. The molecule has 1 saturated carbocycles.